The maximum Gasteiger partial charge on any atom is 0.330 e. The Morgan fingerprint density at radius 2 is 1.86 bits per heavy atom. The van der Waals surface area contributed by atoms with Crippen LogP contribution in [0.3, 0.4) is 0 Å². The molecule has 22 heavy (non-hydrogen) atoms. The topological polar surface area (TPSA) is 72.5 Å². The van der Waals surface area contributed by atoms with Crippen molar-refractivity contribution in [2.45, 2.75) is 63.9 Å². The fourth-order valence-corrected chi connectivity index (χ4v) is 2.97. The van der Waals surface area contributed by atoms with E-state index >= 15 is 0 Å². The molecular formula is C15H22O7. The Kier molecular flexibility index (Phi) is 3.81. The van der Waals surface area contributed by atoms with Crippen LogP contribution in [0.1, 0.15) is 27.7 Å². The average Bonchev–Trinajstić information content (AvgIpc) is 3.01. The molecule has 4 atom stereocenters. The minimum absolute atomic E-state index is 0.327. The molecule has 7 nitrogen and oxygen atoms in total. The van der Waals surface area contributed by atoms with E-state index in [1.54, 1.807) is 13.8 Å². The van der Waals surface area contributed by atoms with Crippen LogP contribution in [-0.4, -0.2) is 55.9 Å². The fourth-order valence-electron chi connectivity index (χ4n) is 2.97. The number of hydrogen-bond acceptors (Lipinski definition) is 7. The maximum atomic E-state index is 11.7. The second-order valence-corrected chi connectivity index (χ2v) is 6.52. The minimum Gasteiger partial charge on any atom is -0.466 e. The second kappa shape index (κ2) is 5.28. The molecule has 0 aromatic heterocycles. The molecule has 7 heteroatoms. The maximum absolute atomic E-state index is 11.7. The van der Waals surface area contributed by atoms with E-state index < -0.39 is 36.0 Å². The van der Waals surface area contributed by atoms with Gasteiger partial charge in [0.05, 0.1) is 13.7 Å². The smallest absolute Gasteiger partial charge is 0.330 e. The molecule has 0 aliphatic carbocycles. The summed E-state index contributed by atoms with van der Waals surface area (Å²) in [6, 6.07) is 0. The van der Waals surface area contributed by atoms with Crippen molar-refractivity contribution in [1.29, 1.82) is 0 Å². The van der Waals surface area contributed by atoms with Crippen LogP contribution < -0.4 is 0 Å². The summed E-state index contributed by atoms with van der Waals surface area (Å²) in [6.07, 6.45) is -0.414. The molecule has 0 saturated carbocycles. The number of fused-ring (bicyclic) bond motifs is 1. The van der Waals surface area contributed by atoms with Gasteiger partial charge in [0.15, 0.2) is 17.9 Å². The number of rotatable bonds is 2. The lowest BCUT2D eigenvalue weighted by Crippen LogP contribution is -2.35. The predicted molar refractivity (Wildman–Crippen MR) is 73.7 cm³/mol. The molecule has 0 radical (unpaired) electrons. The summed E-state index contributed by atoms with van der Waals surface area (Å²) in [4.78, 5) is 11.7. The Labute approximate surface area is 129 Å². The molecule has 0 bridgehead atoms. The van der Waals surface area contributed by atoms with Crippen molar-refractivity contribution in [2.75, 3.05) is 13.7 Å². The van der Waals surface area contributed by atoms with E-state index in [4.69, 9.17) is 28.4 Å². The van der Waals surface area contributed by atoms with Crippen molar-refractivity contribution in [3.63, 3.8) is 0 Å². The van der Waals surface area contributed by atoms with Crippen LogP contribution in [0.2, 0.25) is 0 Å². The molecular weight excluding hydrogens is 292 g/mol. The van der Waals surface area contributed by atoms with Crippen LogP contribution in [0.4, 0.5) is 0 Å². The monoisotopic (exact) mass is 314 g/mol. The van der Waals surface area contributed by atoms with Gasteiger partial charge < -0.3 is 28.4 Å². The molecule has 3 aliphatic heterocycles. The number of methoxy groups -OCH3 is 1. The summed E-state index contributed by atoms with van der Waals surface area (Å²) < 4.78 is 33.7. The predicted octanol–water partition coefficient (Wildman–Crippen LogP) is 1.11. The first-order chi connectivity index (χ1) is 10.2. The lowest BCUT2D eigenvalue weighted by molar-refractivity contribution is -0.215. The number of esters is 1. The highest BCUT2D eigenvalue weighted by Crippen LogP contribution is 2.43. The molecule has 3 rings (SSSR count). The zero-order valence-corrected chi connectivity index (χ0v) is 13.5. The van der Waals surface area contributed by atoms with E-state index in [1.807, 2.05) is 13.8 Å². The Hall–Kier alpha value is -0.990. The van der Waals surface area contributed by atoms with Gasteiger partial charge >= 0.3 is 5.97 Å². The van der Waals surface area contributed by atoms with E-state index in [9.17, 15) is 4.79 Å². The molecule has 3 heterocycles. The van der Waals surface area contributed by atoms with Gasteiger partial charge in [0, 0.05) is 11.6 Å². The average molecular weight is 314 g/mol. The largest absolute Gasteiger partial charge is 0.466 e. The lowest BCUT2D eigenvalue weighted by atomic mass is 10.0. The normalized spacial score (nSPS) is 40.9. The third-order valence-corrected chi connectivity index (χ3v) is 3.85. The van der Waals surface area contributed by atoms with Gasteiger partial charge in [0.2, 0.25) is 0 Å². The van der Waals surface area contributed by atoms with Crippen LogP contribution in [0.5, 0.6) is 0 Å². The highest BCUT2D eigenvalue weighted by Gasteiger charge is 2.55. The van der Waals surface area contributed by atoms with Crippen molar-refractivity contribution < 1.29 is 33.2 Å². The highest BCUT2D eigenvalue weighted by atomic mass is 16.8. The Bertz CT molecular complexity index is 496. The molecule has 0 aromatic carbocycles. The summed E-state index contributed by atoms with van der Waals surface area (Å²) in [7, 11) is 1.33. The number of hydrogen-bond donors (Lipinski definition) is 0. The second-order valence-electron chi connectivity index (χ2n) is 6.52. The zero-order valence-electron chi connectivity index (χ0n) is 13.5. The number of carbonyl (C=O) groups excluding carboxylic acids is 1. The first kappa shape index (κ1) is 15.9. The van der Waals surface area contributed by atoms with Gasteiger partial charge in [-0.3, -0.25) is 0 Å². The van der Waals surface area contributed by atoms with Crippen molar-refractivity contribution in [3.8, 4) is 0 Å². The van der Waals surface area contributed by atoms with Gasteiger partial charge in [0.1, 0.15) is 18.3 Å². The Balaban J connectivity index is 1.85. The molecule has 3 aliphatic rings. The van der Waals surface area contributed by atoms with Gasteiger partial charge in [-0.2, -0.15) is 0 Å². The van der Waals surface area contributed by atoms with Crippen molar-refractivity contribution in [2.24, 2.45) is 0 Å². The first-order valence-electron chi connectivity index (χ1n) is 7.33. The molecule has 0 unspecified atom stereocenters. The highest BCUT2D eigenvalue weighted by molar-refractivity contribution is 5.83. The Morgan fingerprint density at radius 3 is 2.45 bits per heavy atom. The third-order valence-electron chi connectivity index (χ3n) is 3.85. The first-order valence-corrected chi connectivity index (χ1v) is 7.33. The van der Waals surface area contributed by atoms with E-state index in [-0.39, 0.29) is 6.10 Å². The van der Waals surface area contributed by atoms with Crippen molar-refractivity contribution in [3.05, 3.63) is 11.6 Å². The summed E-state index contributed by atoms with van der Waals surface area (Å²) >= 11 is 0. The summed E-state index contributed by atoms with van der Waals surface area (Å²) in [5.74, 6) is -1.90. The van der Waals surface area contributed by atoms with E-state index in [0.29, 0.717) is 12.2 Å². The Morgan fingerprint density at radius 1 is 1.14 bits per heavy atom. The summed E-state index contributed by atoms with van der Waals surface area (Å²) in [5.41, 5.74) is 0.661. The molecule has 0 spiro atoms. The quantitative estimate of drug-likeness (QED) is 0.558. The van der Waals surface area contributed by atoms with Crippen LogP contribution in [0.25, 0.3) is 0 Å². The van der Waals surface area contributed by atoms with Gasteiger partial charge in [-0.15, -0.1) is 0 Å². The van der Waals surface area contributed by atoms with Crippen LogP contribution >= 0.6 is 0 Å². The summed E-state index contributed by atoms with van der Waals surface area (Å²) in [5, 5.41) is 0. The third kappa shape index (κ3) is 2.91. The SMILES string of the molecule is COC(=O)/C=C1\[C@H]2OC(C)(C)O[C@H]2O[C@@H]1[C@H]1COC(C)(C)O1. The van der Waals surface area contributed by atoms with Gasteiger partial charge in [-0.25, -0.2) is 4.79 Å². The standard InChI is InChI=1S/C15H22O7/c1-14(2)18-7-9(20-14)11-8(6-10(16)17-5)12-13(19-11)22-15(3,4)21-12/h6,9,11-13H,7H2,1-5H3/b8-6-/t9-,11+,12-,13-/m1/s1. The minimum atomic E-state index is -0.762. The van der Waals surface area contributed by atoms with Crippen LogP contribution in [0, 0.1) is 0 Å². The van der Waals surface area contributed by atoms with Crippen molar-refractivity contribution in [1.82, 2.24) is 0 Å². The molecule has 0 N–H and O–H groups in total. The molecule has 124 valence electrons. The molecule has 3 fully saturated rings. The van der Waals surface area contributed by atoms with Gasteiger partial charge in [-0.05, 0) is 27.7 Å². The number of carbonyl (C=O) groups is 1. The van der Waals surface area contributed by atoms with E-state index in [0.717, 1.165) is 0 Å². The van der Waals surface area contributed by atoms with E-state index in [2.05, 4.69) is 0 Å². The molecule has 0 amide bonds. The lowest BCUT2D eigenvalue weighted by Gasteiger charge is -2.25. The number of ether oxygens (including phenoxy) is 6. The van der Waals surface area contributed by atoms with E-state index in [1.165, 1.54) is 13.2 Å². The molecule has 0 aromatic rings. The fraction of sp³-hybridized carbons (Fsp3) is 0.800. The molecule has 3 saturated heterocycles. The summed E-state index contributed by atoms with van der Waals surface area (Å²) in [6.45, 7) is 7.65. The van der Waals surface area contributed by atoms with Gasteiger partial charge in [-0.1, -0.05) is 0 Å². The van der Waals surface area contributed by atoms with Crippen LogP contribution in [0.15, 0.2) is 11.6 Å². The van der Waals surface area contributed by atoms with Crippen molar-refractivity contribution >= 4 is 5.97 Å². The van der Waals surface area contributed by atoms with Gasteiger partial charge in [0.25, 0.3) is 0 Å². The zero-order chi connectivity index (χ0) is 16.1. The van der Waals surface area contributed by atoms with Crippen LogP contribution in [-0.2, 0) is 33.2 Å².